The number of hydrogen-bond donors (Lipinski definition) is 1. The number of methoxy groups -OCH3 is 1. The van der Waals surface area contributed by atoms with E-state index in [0.717, 1.165) is 26.2 Å². The second kappa shape index (κ2) is 6.80. The SMILES string of the molecule is COC(=O)C(C(C)=N)C1c2cc([N+](=O)[O-])ccc2OC(=O)C1C(C)=O. The van der Waals surface area contributed by atoms with Gasteiger partial charge in [-0.1, -0.05) is 0 Å². The number of fused-ring (bicyclic) bond motifs is 1. The quantitative estimate of drug-likeness (QED) is 0.213. The van der Waals surface area contributed by atoms with E-state index in [1.807, 2.05) is 0 Å². The summed E-state index contributed by atoms with van der Waals surface area (Å²) in [5, 5.41) is 19.0. The minimum absolute atomic E-state index is 0.0215. The van der Waals surface area contributed by atoms with Crippen LogP contribution in [0.15, 0.2) is 18.2 Å². The molecular weight excluding hydrogens is 332 g/mol. The lowest BCUT2D eigenvalue weighted by atomic mass is 9.72. The summed E-state index contributed by atoms with van der Waals surface area (Å²) >= 11 is 0. The zero-order valence-electron chi connectivity index (χ0n) is 13.8. The highest BCUT2D eigenvalue weighted by molar-refractivity contribution is 6.06. The van der Waals surface area contributed by atoms with Crippen LogP contribution in [-0.4, -0.2) is 35.5 Å². The monoisotopic (exact) mass is 348 g/mol. The number of ether oxygens (including phenoxy) is 2. The number of esters is 2. The number of carbonyl (C=O) groups excluding carboxylic acids is 3. The van der Waals surface area contributed by atoms with Gasteiger partial charge >= 0.3 is 11.9 Å². The minimum atomic E-state index is -1.36. The number of nitro groups is 1. The van der Waals surface area contributed by atoms with E-state index in [4.69, 9.17) is 14.9 Å². The molecule has 132 valence electrons. The van der Waals surface area contributed by atoms with Crippen molar-refractivity contribution in [2.24, 2.45) is 11.8 Å². The molecule has 1 N–H and O–H groups in total. The molecular formula is C16H16N2O7. The highest BCUT2D eigenvalue weighted by atomic mass is 16.6. The molecule has 3 atom stereocenters. The smallest absolute Gasteiger partial charge is 0.322 e. The van der Waals surface area contributed by atoms with Crippen molar-refractivity contribution in [1.29, 1.82) is 5.41 Å². The predicted molar refractivity (Wildman–Crippen MR) is 84.6 cm³/mol. The number of carbonyl (C=O) groups is 3. The van der Waals surface area contributed by atoms with E-state index < -0.39 is 40.4 Å². The van der Waals surface area contributed by atoms with E-state index in [1.54, 1.807) is 0 Å². The fraction of sp³-hybridized carbons (Fsp3) is 0.375. The Labute approximate surface area is 142 Å². The van der Waals surface area contributed by atoms with Gasteiger partial charge in [0.15, 0.2) is 0 Å². The lowest BCUT2D eigenvalue weighted by Gasteiger charge is -2.34. The van der Waals surface area contributed by atoms with Gasteiger partial charge in [0.25, 0.3) is 5.69 Å². The molecule has 0 saturated heterocycles. The highest BCUT2D eigenvalue weighted by Crippen LogP contribution is 2.44. The molecule has 9 heteroatoms. The Balaban J connectivity index is 2.74. The first kappa shape index (κ1) is 18.2. The maximum absolute atomic E-state index is 12.3. The first-order valence-corrected chi connectivity index (χ1v) is 7.32. The standard InChI is InChI=1S/C16H16N2O7/c1-7(17)12(15(20)24-3)14-10-6-9(18(22)23)4-5-11(10)25-16(21)13(14)8(2)19/h4-6,12-14,17H,1-3H3. The molecule has 25 heavy (non-hydrogen) atoms. The van der Waals surface area contributed by atoms with Crippen LogP contribution >= 0.6 is 0 Å². The Morgan fingerprint density at radius 2 is 2.00 bits per heavy atom. The maximum atomic E-state index is 12.3. The largest absolute Gasteiger partial charge is 0.468 e. The second-order valence-corrected chi connectivity index (χ2v) is 5.70. The van der Waals surface area contributed by atoms with E-state index in [0.29, 0.717) is 0 Å². The molecule has 0 fully saturated rings. The lowest BCUT2D eigenvalue weighted by molar-refractivity contribution is -0.385. The lowest BCUT2D eigenvalue weighted by Crippen LogP contribution is -2.43. The van der Waals surface area contributed by atoms with E-state index >= 15 is 0 Å². The number of Topliss-reactive ketones (excluding diaryl/α,β-unsaturated/α-hetero) is 1. The van der Waals surface area contributed by atoms with Crippen LogP contribution in [0.3, 0.4) is 0 Å². The van der Waals surface area contributed by atoms with Gasteiger partial charge in [-0.15, -0.1) is 0 Å². The summed E-state index contributed by atoms with van der Waals surface area (Å²) in [5.74, 6) is -5.94. The number of benzene rings is 1. The van der Waals surface area contributed by atoms with Gasteiger partial charge in [-0.3, -0.25) is 24.5 Å². The van der Waals surface area contributed by atoms with E-state index in [1.165, 1.54) is 13.0 Å². The summed E-state index contributed by atoms with van der Waals surface area (Å²) in [6, 6.07) is 3.55. The third-order valence-electron chi connectivity index (χ3n) is 4.11. The molecule has 3 unspecified atom stereocenters. The minimum Gasteiger partial charge on any atom is -0.468 e. The molecule has 0 bridgehead atoms. The molecule has 1 aromatic carbocycles. The van der Waals surface area contributed by atoms with Crippen molar-refractivity contribution < 1.29 is 28.8 Å². The number of nitro benzene ring substituents is 1. The molecule has 0 spiro atoms. The van der Waals surface area contributed by atoms with Gasteiger partial charge in [0.1, 0.15) is 23.4 Å². The first-order valence-electron chi connectivity index (χ1n) is 7.32. The number of nitrogens with one attached hydrogen (secondary N) is 1. The van der Waals surface area contributed by atoms with Crippen molar-refractivity contribution in [2.75, 3.05) is 7.11 Å². The van der Waals surface area contributed by atoms with Gasteiger partial charge in [-0.05, 0) is 19.9 Å². The molecule has 1 aliphatic rings. The molecule has 0 aromatic heterocycles. The average molecular weight is 348 g/mol. The third-order valence-corrected chi connectivity index (χ3v) is 4.11. The Bertz CT molecular complexity index is 787. The van der Waals surface area contributed by atoms with Crippen LogP contribution in [0.2, 0.25) is 0 Å². The van der Waals surface area contributed by atoms with Crippen LogP contribution in [0.4, 0.5) is 5.69 Å². The Hall–Kier alpha value is -3.10. The van der Waals surface area contributed by atoms with Crippen molar-refractivity contribution >= 4 is 29.1 Å². The zero-order valence-corrected chi connectivity index (χ0v) is 13.8. The molecule has 9 nitrogen and oxygen atoms in total. The van der Waals surface area contributed by atoms with E-state index in [-0.39, 0.29) is 22.7 Å². The summed E-state index contributed by atoms with van der Waals surface area (Å²) in [6.07, 6.45) is 0. The fourth-order valence-electron chi connectivity index (χ4n) is 3.01. The number of ketones is 1. The molecule has 1 heterocycles. The fourth-order valence-corrected chi connectivity index (χ4v) is 3.01. The molecule has 0 amide bonds. The van der Waals surface area contributed by atoms with Crippen molar-refractivity contribution in [3.8, 4) is 5.75 Å². The Morgan fingerprint density at radius 1 is 1.36 bits per heavy atom. The average Bonchev–Trinajstić information content (AvgIpc) is 2.53. The number of rotatable bonds is 5. The molecule has 0 radical (unpaired) electrons. The van der Waals surface area contributed by atoms with Gasteiger partial charge in [0.2, 0.25) is 0 Å². The second-order valence-electron chi connectivity index (χ2n) is 5.70. The Morgan fingerprint density at radius 3 is 2.48 bits per heavy atom. The van der Waals surface area contributed by atoms with Crippen LogP contribution in [-0.2, 0) is 19.1 Å². The highest BCUT2D eigenvalue weighted by Gasteiger charge is 2.48. The van der Waals surface area contributed by atoms with Crippen LogP contribution in [0.25, 0.3) is 0 Å². The zero-order chi connectivity index (χ0) is 18.9. The van der Waals surface area contributed by atoms with Crippen LogP contribution < -0.4 is 4.74 Å². The van der Waals surface area contributed by atoms with Gasteiger partial charge in [0.05, 0.1) is 12.0 Å². The summed E-state index contributed by atoms with van der Waals surface area (Å²) in [5.41, 5.74) is -0.262. The van der Waals surface area contributed by atoms with Gasteiger partial charge in [-0.25, -0.2) is 0 Å². The summed E-state index contributed by atoms with van der Waals surface area (Å²) < 4.78 is 9.81. The summed E-state index contributed by atoms with van der Waals surface area (Å²) in [4.78, 5) is 46.9. The van der Waals surface area contributed by atoms with Gasteiger partial charge in [0, 0.05) is 29.3 Å². The number of non-ortho nitro benzene ring substituents is 1. The first-order chi connectivity index (χ1) is 11.7. The van der Waals surface area contributed by atoms with Gasteiger partial charge in [-0.2, -0.15) is 0 Å². The van der Waals surface area contributed by atoms with Crippen molar-refractivity contribution in [2.45, 2.75) is 19.8 Å². The summed E-state index contributed by atoms with van der Waals surface area (Å²) in [6.45, 7) is 2.50. The van der Waals surface area contributed by atoms with E-state index in [9.17, 15) is 24.5 Å². The summed E-state index contributed by atoms with van der Waals surface area (Å²) in [7, 11) is 1.12. The molecule has 1 aliphatic heterocycles. The molecule has 1 aromatic rings. The van der Waals surface area contributed by atoms with Crippen LogP contribution in [0.5, 0.6) is 5.75 Å². The van der Waals surface area contributed by atoms with Crippen LogP contribution in [0.1, 0.15) is 25.3 Å². The molecule has 0 aliphatic carbocycles. The third kappa shape index (κ3) is 3.25. The van der Waals surface area contributed by atoms with Crippen molar-refractivity contribution in [3.63, 3.8) is 0 Å². The normalized spacial score (nSPS) is 20.0. The number of hydrogen-bond acceptors (Lipinski definition) is 8. The Kier molecular flexibility index (Phi) is 4.96. The number of nitrogens with zero attached hydrogens (tertiary/aromatic N) is 1. The van der Waals surface area contributed by atoms with Crippen molar-refractivity contribution in [1.82, 2.24) is 0 Å². The molecule has 2 rings (SSSR count). The topological polar surface area (TPSA) is 137 Å². The van der Waals surface area contributed by atoms with Crippen molar-refractivity contribution in [3.05, 3.63) is 33.9 Å². The molecule has 0 saturated carbocycles. The predicted octanol–water partition coefficient (Wildman–Crippen LogP) is 1.63. The van der Waals surface area contributed by atoms with E-state index in [2.05, 4.69) is 0 Å². The van der Waals surface area contributed by atoms with Crippen LogP contribution in [0, 0.1) is 27.4 Å². The maximum Gasteiger partial charge on any atom is 0.322 e. The van der Waals surface area contributed by atoms with Gasteiger partial charge < -0.3 is 14.9 Å².